The number of nitrogens with zero attached hydrogens (tertiary/aromatic N) is 3. The average Bonchev–Trinajstić information content (AvgIpc) is 3.39. The lowest BCUT2D eigenvalue weighted by Gasteiger charge is -2.20. The Morgan fingerprint density at radius 1 is 1.00 bits per heavy atom. The Morgan fingerprint density at radius 3 is 2.69 bits per heavy atom. The van der Waals surface area contributed by atoms with Crippen molar-refractivity contribution in [1.82, 2.24) is 9.97 Å². The van der Waals surface area contributed by atoms with Crippen molar-refractivity contribution in [1.29, 1.82) is 0 Å². The number of hydrogen-bond acceptors (Lipinski definition) is 5. The van der Waals surface area contributed by atoms with Crippen molar-refractivity contribution >= 4 is 54.1 Å². The van der Waals surface area contributed by atoms with Gasteiger partial charge in [0.2, 0.25) is 0 Å². The molecule has 142 valence electrons. The second-order valence-corrected chi connectivity index (χ2v) is 8.39. The number of aromatic nitrogens is 2. The van der Waals surface area contributed by atoms with Crippen LogP contribution >= 0.6 is 22.7 Å². The summed E-state index contributed by atoms with van der Waals surface area (Å²) in [6.07, 6.45) is 0. The summed E-state index contributed by atoms with van der Waals surface area (Å²) in [4.78, 5) is 23.8. The summed E-state index contributed by atoms with van der Waals surface area (Å²) in [5.41, 5.74) is 4.44. The number of halogens is 1. The Morgan fingerprint density at radius 2 is 1.86 bits per heavy atom. The lowest BCUT2D eigenvalue weighted by Crippen LogP contribution is -2.30. The number of fused-ring (bicyclic) bond motifs is 2. The molecule has 3 aromatic carbocycles. The van der Waals surface area contributed by atoms with Gasteiger partial charge in [-0.3, -0.25) is 9.69 Å². The smallest absolute Gasteiger partial charge is 0.260 e. The summed E-state index contributed by atoms with van der Waals surface area (Å²) in [6.45, 7) is 0.349. The highest BCUT2D eigenvalue weighted by atomic mass is 32.1. The number of rotatable bonds is 4. The minimum Gasteiger partial charge on any atom is -0.279 e. The Kier molecular flexibility index (Phi) is 4.54. The van der Waals surface area contributed by atoms with E-state index in [0.717, 1.165) is 15.8 Å². The number of anilines is 1. The van der Waals surface area contributed by atoms with Gasteiger partial charge in [0.25, 0.3) is 5.91 Å². The molecule has 0 bridgehead atoms. The minimum absolute atomic E-state index is 0.177. The van der Waals surface area contributed by atoms with Crippen molar-refractivity contribution in [3.05, 3.63) is 89.2 Å². The van der Waals surface area contributed by atoms with Crippen LogP contribution in [0.3, 0.4) is 0 Å². The predicted molar refractivity (Wildman–Crippen MR) is 116 cm³/mol. The van der Waals surface area contributed by atoms with Crippen molar-refractivity contribution in [2.75, 3.05) is 4.90 Å². The van der Waals surface area contributed by atoms with Gasteiger partial charge in [-0.15, -0.1) is 11.3 Å². The van der Waals surface area contributed by atoms with Gasteiger partial charge in [0.05, 0.1) is 27.0 Å². The van der Waals surface area contributed by atoms with E-state index in [2.05, 4.69) is 9.97 Å². The van der Waals surface area contributed by atoms with Gasteiger partial charge >= 0.3 is 0 Å². The van der Waals surface area contributed by atoms with Gasteiger partial charge in [-0.05, 0) is 35.9 Å². The van der Waals surface area contributed by atoms with E-state index in [1.54, 1.807) is 22.5 Å². The molecule has 1 amide bonds. The molecule has 0 spiro atoms. The maximum atomic E-state index is 14.2. The summed E-state index contributed by atoms with van der Waals surface area (Å²) >= 11 is 2.80. The summed E-state index contributed by atoms with van der Waals surface area (Å²) in [7, 11) is 0. The Bertz CT molecular complexity index is 1330. The van der Waals surface area contributed by atoms with Crippen LogP contribution in [0.15, 0.2) is 72.2 Å². The first-order valence-electron chi connectivity index (χ1n) is 8.93. The first kappa shape index (κ1) is 17.9. The topological polar surface area (TPSA) is 46.1 Å². The van der Waals surface area contributed by atoms with E-state index in [1.165, 1.54) is 28.7 Å². The maximum absolute atomic E-state index is 14.2. The van der Waals surface area contributed by atoms with Gasteiger partial charge < -0.3 is 0 Å². The van der Waals surface area contributed by atoms with Gasteiger partial charge in [0, 0.05) is 5.56 Å². The van der Waals surface area contributed by atoms with Crippen LogP contribution in [-0.2, 0) is 6.54 Å². The third-order valence-corrected chi connectivity index (χ3v) is 6.43. The fourth-order valence-electron chi connectivity index (χ4n) is 3.15. The van der Waals surface area contributed by atoms with E-state index in [9.17, 15) is 9.18 Å². The van der Waals surface area contributed by atoms with Crippen LogP contribution in [0, 0.1) is 5.82 Å². The fourth-order valence-corrected chi connectivity index (χ4v) is 4.85. The van der Waals surface area contributed by atoms with Gasteiger partial charge in [-0.1, -0.05) is 47.7 Å². The van der Waals surface area contributed by atoms with Crippen LogP contribution in [-0.4, -0.2) is 15.9 Å². The van der Waals surface area contributed by atoms with Crippen molar-refractivity contribution < 1.29 is 9.18 Å². The van der Waals surface area contributed by atoms with E-state index in [0.29, 0.717) is 21.9 Å². The standard InChI is InChI=1S/C22H14FN3OS2/c23-16-7-4-8-18-20(16)25-22(29-18)26(12-14-5-2-1-3-6-14)21(27)15-9-10-17-19(11-15)28-13-24-17/h1-11,13H,12H2. The molecule has 0 aliphatic heterocycles. The number of carbonyl (C=O) groups is 1. The molecule has 2 heterocycles. The fraction of sp³-hybridized carbons (Fsp3) is 0.0455. The van der Waals surface area contributed by atoms with E-state index in [1.807, 2.05) is 48.5 Å². The highest BCUT2D eigenvalue weighted by Gasteiger charge is 2.23. The molecular weight excluding hydrogens is 405 g/mol. The molecule has 2 aromatic heterocycles. The third kappa shape index (κ3) is 3.39. The van der Waals surface area contributed by atoms with Crippen molar-refractivity contribution in [2.45, 2.75) is 6.54 Å². The van der Waals surface area contributed by atoms with Gasteiger partial charge in [-0.2, -0.15) is 0 Å². The zero-order chi connectivity index (χ0) is 19.8. The molecule has 7 heteroatoms. The molecule has 0 unspecified atom stereocenters. The number of carbonyl (C=O) groups excluding carboxylic acids is 1. The third-order valence-electron chi connectivity index (χ3n) is 4.60. The average molecular weight is 420 g/mol. The second-order valence-electron chi connectivity index (χ2n) is 6.49. The SMILES string of the molecule is O=C(c1ccc2ncsc2c1)N(Cc1ccccc1)c1nc2c(F)cccc2s1. The summed E-state index contributed by atoms with van der Waals surface area (Å²) in [5.74, 6) is -0.563. The van der Waals surface area contributed by atoms with Crippen molar-refractivity contribution in [3.8, 4) is 0 Å². The molecule has 0 aliphatic rings. The maximum Gasteiger partial charge on any atom is 0.260 e. The van der Waals surface area contributed by atoms with E-state index in [-0.39, 0.29) is 17.2 Å². The Hall–Kier alpha value is -3.16. The monoisotopic (exact) mass is 419 g/mol. The quantitative estimate of drug-likeness (QED) is 0.365. The van der Waals surface area contributed by atoms with Crippen LogP contribution in [0.5, 0.6) is 0 Å². The number of hydrogen-bond donors (Lipinski definition) is 0. The minimum atomic E-state index is -0.386. The van der Waals surface area contributed by atoms with Gasteiger partial charge in [-0.25, -0.2) is 14.4 Å². The van der Waals surface area contributed by atoms with Crippen LogP contribution < -0.4 is 4.90 Å². The Balaban J connectivity index is 1.60. The number of thiazole rings is 2. The highest BCUT2D eigenvalue weighted by molar-refractivity contribution is 7.22. The number of benzene rings is 3. The molecule has 0 saturated carbocycles. The molecule has 5 rings (SSSR count). The zero-order valence-corrected chi connectivity index (χ0v) is 16.7. The molecule has 4 nitrogen and oxygen atoms in total. The molecule has 0 fully saturated rings. The first-order chi connectivity index (χ1) is 14.2. The van der Waals surface area contributed by atoms with Gasteiger partial charge in [0.1, 0.15) is 11.3 Å². The van der Waals surface area contributed by atoms with Crippen molar-refractivity contribution in [3.63, 3.8) is 0 Å². The molecule has 0 N–H and O–H groups in total. The van der Waals surface area contributed by atoms with Crippen LogP contribution in [0.4, 0.5) is 9.52 Å². The molecule has 0 aliphatic carbocycles. The largest absolute Gasteiger partial charge is 0.279 e. The number of para-hydroxylation sites is 1. The van der Waals surface area contributed by atoms with E-state index >= 15 is 0 Å². The highest BCUT2D eigenvalue weighted by Crippen LogP contribution is 2.32. The molecule has 0 saturated heterocycles. The zero-order valence-electron chi connectivity index (χ0n) is 15.1. The second kappa shape index (κ2) is 7.35. The molecule has 5 aromatic rings. The molecule has 0 radical (unpaired) electrons. The Labute approximate surface area is 173 Å². The molecular formula is C22H14FN3OS2. The summed E-state index contributed by atoms with van der Waals surface area (Å²) in [6, 6.07) is 20.0. The normalized spacial score (nSPS) is 11.2. The van der Waals surface area contributed by atoms with Crippen molar-refractivity contribution in [2.24, 2.45) is 0 Å². The van der Waals surface area contributed by atoms with Crippen LogP contribution in [0.2, 0.25) is 0 Å². The van der Waals surface area contributed by atoms with E-state index in [4.69, 9.17) is 0 Å². The van der Waals surface area contributed by atoms with Crippen LogP contribution in [0.25, 0.3) is 20.4 Å². The first-order valence-corrected chi connectivity index (χ1v) is 10.6. The summed E-state index contributed by atoms with van der Waals surface area (Å²) < 4.78 is 15.8. The van der Waals surface area contributed by atoms with Crippen LogP contribution in [0.1, 0.15) is 15.9 Å². The van der Waals surface area contributed by atoms with E-state index < -0.39 is 0 Å². The number of amides is 1. The lowest BCUT2D eigenvalue weighted by molar-refractivity contribution is 0.0985. The predicted octanol–water partition coefficient (Wildman–Crippen LogP) is 5.89. The molecule has 0 atom stereocenters. The lowest BCUT2D eigenvalue weighted by atomic mass is 10.1. The molecule has 29 heavy (non-hydrogen) atoms. The van der Waals surface area contributed by atoms with Gasteiger partial charge in [0.15, 0.2) is 5.13 Å². The summed E-state index contributed by atoms with van der Waals surface area (Å²) in [5, 5.41) is 0.475.